The van der Waals surface area contributed by atoms with Crippen LogP contribution in [-0.2, 0) is 6.18 Å². The smallest absolute Gasteiger partial charge is 0.306 e. The SMILES string of the molecule is Cc1cc(NC(=O)c2ccc(Cl)cc2)nc2nc(C(F)(F)F)nn12. The number of aromatic nitrogens is 4. The molecule has 2 aromatic heterocycles. The maximum atomic E-state index is 12.7. The zero-order chi connectivity index (χ0) is 17.5. The summed E-state index contributed by atoms with van der Waals surface area (Å²) in [5.41, 5.74) is 0.672. The standard InChI is InChI=1S/C14H9ClF3N5O/c1-7-6-10(19-11(24)8-2-4-9(15)5-3-8)20-13-21-12(14(16,17)18)22-23(7)13/h2-6H,1H3,(H,19,20,21,22,24). The van der Waals surface area contributed by atoms with Crippen LogP contribution in [0.4, 0.5) is 19.0 Å². The molecule has 1 amide bonds. The van der Waals surface area contributed by atoms with E-state index in [4.69, 9.17) is 11.6 Å². The number of hydrogen-bond acceptors (Lipinski definition) is 4. The highest BCUT2D eigenvalue weighted by Gasteiger charge is 2.36. The first kappa shape index (κ1) is 16.2. The Kier molecular flexibility index (Phi) is 3.88. The van der Waals surface area contributed by atoms with E-state index in [2.05, 4.69) is 20.4 Å². The summed E-state index contributed by atoms with van der Waals surface area (Å²) in [7, 11) is 0. The molecule has 3 aromatic rings. The lowest BCUT2D eigenvalue weighted by atomic mass is 10.2. The third-order valence-electron chi connectivity index (χ3n) is 3.09. The van der Waals surface area contributed by atoms with Crippen LogP contribution in [0.5, 0.6) is 0 Å². The Labute approximate surface area is 138 Å². The van der Waals surface area contributed by atoms with Crippen LogP contribution in [0, 0.1) is 6.92 Å². The first-order chi connectivity index (χ1) is 11.2. The number of amides is 1. The Morgan fingerprint density at radius 1 is 1.21 bits per heavy atom. The molecular weight excluding hydrogens is 347 g/mol. The Balaban J connectivity index is 1.92. The van der Waals surface area contributed by atoms with E-state index in [1.165, 1.54) is 25.1 Å². The number of carbonyl (C=O) groups excluding carboxylic acids is 1. The molecule has 124 valence electrons. The van der Waals surface area contributed by atoms with E-state index in [1.54, 1.807) is 12.1 Å². The normalized spacial score (nSPS) is 11.7. The summed E-state index contributed by atoms with van der Waals surface area (Å²) in [5.74, 6) is -1.95. The van der Waals surface area contributed by atoms with Crippen LogP contribution in [0.2, 0.25) is 5.02 Å². The van der Waals surface area contributed by atoms with Crippen molar-refractivity contribution in [1.82, 2.24) is 19.6 Å². The van der Waals surface area contributed by atoms with Gasteiger partial charge in [-0.05, 0) is 31.2 Å². The lowest BCUT2D eigenvalue weighted by molar-refractivity contribution is -0.144. The van der Waals surface area contributed by atoms with Gasteiger partial charge in [0.05, 0.1) is 0 Å². The van der Waals surface area contributed by atoms with Crippen LogP contribution < -0.4 is 5.32 Å². The molecule has 0 aliphatic carbocycles. The molecule has 0 aliphatic heterocycles. The minimum Gasteiger partial charge on any atom is -0.306 e. The summed E-state index contributed by atoms with van der Waals surface area (Å²) < 4.78 is 39.0. The van der Waals surface area contributed by atoms with Crippen LogP contribution in [0.3, 0.4) is 0 Å². The van der Waals surface area contributed by atoms with Gasteiger partial charge in [0, 0.05) is 22.3 Å². The first-order valence-electron chi connectivity index (χ1n) is 6.62. The number of fused-ring (bicyclic) bond motifs is 1. The van der Waals surface area contributed by atoms with E-state index in [9.17, 15) is 18.0 Å². The molecule has 0 aliphatic rings. The molecule has 3 rings (SSSR count). The van der Waals surface area contributed by atoms with E-state index < -0.39 is 17.9 Å². The van der Waals surface area contributed by atoms with Crippen LogP contribution in [-0.4, -0.2) is 25.5 Å². The molecule has 0 saturated carbocycles. The van der Waals surface area contributed by atoms with E-state index in [-0.39, 0.29) is 11.6 Å². The van der Waals surface area contributed by atoms with Crippen molar-refractivity contribution in [2.24, 2.45) is 0 Å². The number of hydrogen-bond donors (Lipinski definition) is 1. The molecule has 0 radical (unpaired) electrons. The highest BCUT2D eigenvalue weighted by atomic mass is 35.5. The van der Waals surface area contributed by atoms with Gasteiger partial charge in [0.15, 0.2) is 0 Å². The maximum Gasteiger partial charge on any atom is 0.453 e. The number of nitrogens with zero attached hydrogens (tertiary/aromatic N) is 4. The summed E-state index contributed by atoms with van der Waals surface area (Å²) in [6, 6.07) is 7.53. The maximum absolute atomic E-state index is 12.7. The van der Waals surface area contributed by atoms with Crippen LogP contribution in [0.25, 0.3) is 5.78 Å². The Morgan fingerprint density at radius 2 is 1.88 bits per heavy atom. The van der Waals surface area contributed by atoms with E-state index in [0.29, 0.717) is 16.3 Å². The highest BCUT2D eigenvalue weighted by molar-refractivity contribution is 6.30. The lowest BCUT2D eigenvalue weighted by Gasteiger charge is -2.06. The van der Waals surface area contributed by atoms with Crippen LogP contribution in [0.1, 0.15) is 21.9 Å². The van der Waals surface area contributed by atoms with Gasteiger partial charge in [0.1, 0.15) is 5.82 Å². The summed E-state index contributed by atoms with van der Waals surface area (Å²) in [4.78, 5) is 19.3. The molecule has 0 unspecified atom stereocenters. The second kappa shape index (κ2) is 5.75. The van der Waals surface area contributed by atoms with Gasteiger partial charge in [-0.25, -0.2) is 4.52 Å². The van der Waals surface area contributed by atoms with Gasteiger partial charge >= 0.3 is 6.18 Å². The number of nitrogens with one attached hydrogen (secondary N) is 1. The monoisotopic (exact) mass is 355 g/mol. The zero-order valence-electron chi connectivity index (χ0n) is 12.1. The average molecular weight is 356 g/mol. The van der Waals surface area contributed by atoms with Crippen molar-refractivity contribution in [3.8, 4) is 0 Å². The summed E-state index contributed by atoms with van der Waals surface area (Å²) in [6.45, 7) is 1.53. The molecule has 6 nitrogen and oxygen atoms in total. The Hall–Kier alpha value is -2.68. The predicted molar refractivity (Wildman–Crippen MR) is 79.9 cm³/mol. The number of benzene rings is 1. The van der Waals surface area contributed by atoms with Crippen LogP contribution >= 0.6 is 11.6 Å². The van der Waals surface area contributed by atoms with E-state index >= 15 is 0 Å². The minimum atomic E-state index is -4.67. The third kappa shape index (κ3) is 3.16. The number of carbonyl (C=O) groups is 1. The van der Waals surface area contributed by atoms with E-state index in [0.717, 1.165) is 4.52 Å². The number of aryl methyl sites for hydroxylation is 1. The minimum absolute atomic E-state index is 0.0704. The molecule has 0 spiro atoms. The molecule has 1 aromatic carbocycles. The summed E-state index contributed by atoms with van der Waals surface area (Å²) in [5, 5.41) is 6.34. The number of halogens is 4. The van der Waals surface area contributed by atoms with Crippen LogP contribution in [0.15, 0.2) is 30.3 Å². The zero-order valence-corrected chi connectivity index (χ0v) is 12.9. The first-order valence-corrected chi connectivity index (χ1v) is 7.00. The Morgan fingerprint density at radius 3 is 2.50 bits per heavy atom. The van der Waals surface area contributed by atoms with Crippen molar-refractivity contribution < 1.29 is 18.0 Å². The fraction of sp³-hybridized carbons (Fsp3) is 0.143. The van der Waals surface area contributed by atoms with Crippen molar-refractivity contribution in [3.05, 3.63) is 52.4 Å². The predicted octanol–water partition coefficient (Wildman–Crippen LogP) is 3.36. The van der Waals surface area contributed by atoms with Crippen molar-refractivity contribution >= 4 is 29.1 Å². The molecule has 1 N–H and O–H groups in total. The third-order valence-corrected chi connectivity index (χ3v) is 3.34. The van der Waals surface area contributed by atoms with Gasteiger partial charge in [0.25, 0.3) is 17.5 Å². The van der Waals surface area contributed by atoms with Crippen molar-refractivity contribution in [2.75, 3.05) is 5.32 Å². The molecule has 0 atom stereocenters. The lowest BCUT2D eigenvalue weighted by Crippen LogP contribution is -2.14. The number of rotatable bonds is 2. The molecule has 10 heteroatoms. The average Bonchev–Trinajstić information content (AvgIpc) is 2.92. The fourth-order valence-electron chi connectivity index (χ4n) is 1.99. The molecule has 0 fully saturated rings. The second-order valence-corrected chi connectivity index (χ2v) is 5.33. The molecule has 0 saturated heterocycles. The second-order valence-electron chi connectivity index (χ2n) is 4.89. The number of anilines is 1. The summed E-state index contributed by atoms with van der Waals surface area (Å²) >= 11 is 5.75. The van der Waals surface area contributed by atoms with Gasteiger partial charge in [-0.15, -0.1) is 5.10 Å². The van der Waals surface area contributed by atoms with Crippen molar-refractivity contribution in [2.45, 2.75) is 13.1 Å². The van der Waals surface area contributed by atoms with Gasteiger partial charge in [0.2, 0.25) is 0 Å². The van der Waals surface area contributed by atoms with Gasteiger partial charge < -0.3 is 5.32 Å². The van der Waals surface area contributed by atoms with Gasteiger partial charge in [-0.1, -0.05) is 11.6 Å². The molecular formula is C14H9ClF3N5O. The van der Waals surface area contributed by atoms with Gasteiger partial charge in [-0.3, -0.25) is 4.79 Å². The quantitative estimate of drug-likeness (QED) is 0.765. The molecule has 0 bridgehead atoms. The van der Waals surface area contributed by atoms with Crippen molar-refractivity contribution in [1.29, 1.82) is 0 Å². The van der Waals surface area contributed by atoms with Crippen molar-refractivity contribution in [3.63, 3.8) is 0 Å². The highest BCUT2D eigenvalue weighted by Crippen LogP contribution is 2.26. The topological polar surface area (TPSA) is 72.2 Å². The molecule has 24 heavy (non-hydrogen) atoms. The Bertz CT molecular complexity index is 921. The van der Waals surface area contributed by atoms with E-state index in [1.807, 2.05) is 0 Å². The molecule has 2 heterocycles. The fourth-order valence-corrected chi connectivity index (χ4v) is 2.11. The summed E-state index contributed by atoms with van der Waals surface area (Å²) in [6.07, 6.45) is -4.67. The number of alkyl halides is 3. The largest absolute Gasteiger partial charge is 0.453 e. The van der Waals surface area contributed by atoms with Gasteiger partial charge in [-0.2, -0.15) is 23.1 Å².